The Balaban J connectivity index is 0.000000251. The molecule has 0 spiro atoms. The second-order valence-electron chi connectivity index (χ2n) is 2.13. The zero-order valence-corrected chi connectivity index (χ0v) is 7.48. The van der Waals surface area contributed by atoms with Crippen LogP contribution in [0.25, 0.3) is 11.0 Å². The molecule has 0 bridgehead atoms. The standard InChI is InChI=1S/C8H6N2.CHClO/c1-2-4-8-7(3-1)9-5-6-10-8;2-1-3/h1-6H;1H. The van der Waals surface area contributed by atoms with Gasteiger partial charge in [0.25, 0.3) is 0 Å². The lowest BCUT2D eigenvalue weighted by Gasteiger charge is -1.90. The van der Waals surface area contributed by atoms with Crippen LogP contribution in [0.2, 0.25) is 0 Å². The van der Waals surface area contributed by atoms with E-state index in [1.807, 2.05) is 24.3 Å². The fourth-order valence-electron chi connectivity index (χ4n) is 0.910. The molecule has 0 aliphatic rings. The van der Waals surface area contributed by atoms with Gasteiger partial charge in [0, 0.05) is 12.4 Å². The molecule has 66 valence electrons. The van der Waals surface area contributed by atoms with Gasteiger partial charge in [0.2, 0.25) is 5.75 Å². The van der Waals surface area contributed by atoms with Gasteiger partial charge < -0.3 is 0 Å². The molecule has 0 aliphatic carbocycles. The van der Waals surface area contributed by atoms with Crippen LogP contribution in [-0.2, 0) is 4.79 Å². The van der Waals surface area contributed by atoms with Crippen LogP contribution in [-0.4, -0.2) is 15.7 Å². The summed E-state index contributed by atoms with van der Waals surface area (Å²) in [7, 11) is 0. The number of rotatable bonds is 0. The molecule has 2 aromatic rings. The first-order valence-corrected chi connectivity index (χ1v) is 4.01. The van der Waals surface area contributed by atoms with Gasteiger partial charge >= 0.3 is 0 Å². The first-order valence-electron chi connectivity index (χ1n) is 3.58. The summed E-state index contributed by atoms with van der Waals surface area (Å²) in [6.45, 7) is 0. The lowest BCUT2D eigenvalue weighted by molar-refractivity contribution is 0.569. The maximum absolute atomic E-state index is 8.57. The van der Waals surface area contributed by atoms with Crippen molar-refractivity contribution in [3.05, 3.63) is 36.7 Å². The molecule has 0 N–H and O–H groups in total. The van der Waals surface area contributed by atoms with Crippen molar-refractivity contribution in [1.82, 2.24) is 9.97 Å². The van der Waals surface area contributed by atoms with Crippen molar-refractivity contribution in [2.45, 2.75) is 0 Å². The summed E-state index contributed by atoms with van der Waals surface area (Å²) in [5, 5.41) is 0. The van der Waals surface area contributed by atoms with Crippen LogP contribution in [0.1, 0.15) is 0 Å². The number of fused-ring (bicyclic) bond motifs is 1. The molecule has 0 radical (unpaired) electrons. The SMILES string of the molecule is O=CCl.c1ccc2nccnc2c1. The minimum Gasteiger partial charge on any atom is -0.285 e. The van der Waals surface area contributed by atoms with E-state index in [-0.39, 0.29) is 5.75 Å². The van der Waals surface area contributed by atoms with Crippen molar-refractivity contribution in [3.63, 3.8) is 0 Å². The first kappa shape index (κ1) is 9.61. The largest absolute Gasteiger partial charge is 0.285 e. The molecule has 0 aliphatic heterocycles. The third kappa shape index (κ3) is 2.80. The minimum absolute atomic E-state index is 0.222. The molecule has 13 heavy (non-hydrogen) atoms. The van der Waals surface area contributed by atoms with Crippen molar-refractivity contribution < 1.29 is 4.79 Å². The van der Waals surface area contributed by atoms with E-state index in [9.17, 15) is 0 Å². The summed E-state index contributed by atoms with van der Waals surface area (Å²) in [5.74, 6) is 0.222. The fourth-order valence-corrected chi connectivity index (χ4v) is 0.910. The molecule has 0 saturated carbocycles. The lowest BCUT2D eigenvalue weighted by Crippen LogP contribution is -1.78. The molecule has 1 heterocycles. The average Bonchev–Trinajstić information content (AvgIpc) is 2.19. The Morgan fingerprint density at radius 1 is 1.08 bits per heavy atom. The highest BCUT2D eigenvalue weighted by Crippen LogP contribution is 2.04. The number of benzene rings is 1. The molecule has 0 fully saturated rings. The molecule has 0 amide bonds. The number of aromatic nitrogens is 2. The quantitative estimate of drug-likeness (QED) is 0.476. The number of halogens is 1. The second-order valence-corrected chi connectivity index (χ2v) is 2.31. The average molecular weight is 195 g/mol. The summed E-state index contributed by atoms with van der Waals surface area (Å²) in [4.78, 5) is 16.8. The fraction of sp³-hybridized carbons (Fsp3) is 0. The maximum Gasteiger partial charge on any atom is 0.208 e. The van der Waals surface area contributed by atoms with E-state index in [1.54, 1.807) is 12.4 Å². The van der Waals surface area contributed by atoms with Gasteiger partial charge in [0.15, 0.2) is 0 Å². The van der Waals surface area contributed by atoms with Crippen LogP contribution in [0.5, 0.6) is 0 Å². The maximum atomic E-state index is 8.57. The molecule has 1 aromatic carbocycles. The Hall–Kier alpha value is -1.48. The summed E-state index contributed by atoms with van der Waals surface area (Å²) in [5.41, 5.74) is 1.90. The molecular formula is C9H7ClN2O. The molecule has 3 nitrogen and oxygen atoms in total. The van der Waals surface area contributed by atoms with E-state index in [1.165, 1.54) is 0 Å². The second kappa shape index (κ2) is 5.22. The summed E-state index contributed by atoms with van der Waals surface area (Å²) < 4.78 is 0. The van der Waals surface area contributed by atoms with Crippen molar-refractivity contribution in [2.75, 3.05) is 0 Å². The van der Waals surface area contributed by atoms with Gasteiger partial charge in [-0.05, 0) is 23.7 Å². The number of nitrogens with zero attached hydrogens (tertiary/aromatic N) is 2. The van der Waals surface area contributed by atoms with Crippen molar-refractivity contribution in [2.24, 2.45) is 0 Å². The van der Waals surface area contributed by atoms with E-state index in [0.717, 1.165) is 11.0 Å². The summed E-state index contributed by atoms with van der Waals surface area (Å²) >= 11 is 4.32. The van der Waals surface area contributed by atoms with Crippen molar-refractivity contribution >= 4 is 28.4 Å². The van der Waals surface area contributed by atoms with Gasteiger partial charge in [-0.2, -0.15) is 0 Å². The topological polar surface area (TPSA) is 42.9 Å². The number of hydrogen-bond acceptors (Lipinski definition) is 3. The number of carbonyl (C=O) groups is 1. The van der Waals surface area contributed by atoms with Gasteiger partial charge in [0.1, 0.15) is 0 Å². The Morgan fingerprint density at radius 2 is 1.46 bits per heavy atom. The predicted molar refractivity (Wildman–Crippen MR) is 52.1 cm³/mol. The van der Waals surface area contributed by atoms with Crippen LogP contribution >= 0.6 is 11.6 Å². The Kier molecular flexibility index (Phi) is 3.85. The third-order valence-corrected chi connectivity index (χ3v) is 1.38. The highest BCUT2D eigenvalue weighted by atomic mass is 35.5. The van der Waals surface area contributed by atoms with Crippen molar-refractivity contribution in [3.8, 4) is 0 Å². The number of para-hydroxylation sites is 2. The molecule has 2 rings (SSSR count). The third-order valence-electron chi connectivity index (χ3n) is 1.38. The minimum atomic E-state index is 0.222. The van der Waals surface area contributed by atoms with Crippen LogP contribution in [0, 0.1) is 0 Å². The van der Waals surface area contributed by atoms with Crippen LogP contribution in [0.4, 0.5) is 0 Å². The molecule has 4 heteroatoms. The van der Waals surface area contributed by atoms with Gasteiger partial charge in [-0.3, -0.25) is 14.8 Å². The Labute approximate surface area is 80.4 Å². The predicted octanol–water partition coefficient (Wildman–Crippen LogP) is 2.05. The van der Waals surface area contributed by atoms with Crippen molar-refractivity contribution in [1.29, 1.82) is 0 Å². The van der Waals surface area contributed by atoms with Crippen LogP contribution in [0.3, 0.4) is 0 Å². The normalized spacial score (nSPS) is 8.69. The zero-order valence-electron chi connectivity index (χ0n) is 6.72. The zero-order chi connectivity index (χ0) is 9.52. The molecule has 0 saturated heterocycles. The van der Waals surface area contributed by atoms with Crippen LogP contribution < -0.4 is 0 Å². The summed E-state index contributed by atoms with van der Waals surface area (Å²) in [6.07, 6.45) is 3.39. The molecule has 0 atom stereocenters. The Morgan fingerprint density at radius 3 is 1.85 bits per heavy atom. The first-order chi connectivity index (χ1) is 6.38. The van der Waals surface area contributed by atoms with Gasteiger partial charge in [-0.1, -0.05) is 12.1 Å². The molecular weight excluding hydrogens is 188 g/mol. The molecule has 1 aromatic heterocycles. The van der Waals surface area contributed by atoms with Gasteiger partial charge in [-0.15, -0.1) is 0 Å². The van der Waals surface area contributed by atoms with Gasteiger partial charge in [-0.25, -0.2) is 0 Å². The van der Waals surface area contributed by atoms with E-state index >= 15 is 0 Å². The van der Waals surface area contributed by atoms with Gasteiger partial charge in [0.05, 0.1) is 11.0 Å². The number of carbonyl (C=O) groups excluding carboxylic acids is 1. The lowest BCUT2D eigenvalue weighted by atomic mass is 10.3. The monoisotopic (exact) mass is 194 g/mol. The van der Waals surface area contributed by atoms with E-state index in [0.29, 0.717) is 0 Å². The van der Waals surface area contributed by atoms with E-state index in [4.69, 9.17) is 4.79 Å². The highest BCUT2D eigenvalue weighted by molar-refractivity contribution is 6.54. The Bertz CT molecular complexity index is 327. The summed E-state index contributed by atoms with van der Waals surface area (Å²) in [6, 6.07) is 7.80. The molecule has 0 unspecified atom stereocenters. The number of hydrogen-bond donors (Lipinski definition) is 0. The van der Waals surface area contributed by atoms with E-state index in [2.05, 4.69) is 21.6 Å². The van der Waals surface area contributed by atoms with E-state index < -0.39 is 0 Å². The smallest absolute Gasteiger partial charge is 0.208 e. The van der Waals surface area contributed by atoms with Crippen LogP contribution in [0.15, 0.2) is 36.7 Å². The highest BCUT2D eigenvalue weighted by Gasteiger charge is 1.88.